The average molecular weight is 332 g/mol. The van der Waals surface area contributed by atoms with Crippen molar-refractivity contribution in [3.05, 3.63) is 29.3 Å². The van der Waals surface area contributed by atoms with Gasteiger partial charge in [-0.05, 0) is 43.7 Å². The minimum absolute atomic E-state index is 0. The van der Waals surface area contributed by atoms with E-state index in [0.29, 0.717) is 37.4 Å². The number of amides is 2. The van der Waals surface area contributed by atoms with Crippen LogP contribution >= 0.6 is 24.0 Å². The van der Waals surface area contributed by atoms with Gasteiger partial charge in [0, 0.05) is 23.7 Å². The van der Waals surface area contributed by atoms with Gasteiger partial charge in [0.2, 0.25) is 11.8 Å². The maximum Gasteiger partial charge on any atom is 0.249 e. The second-order valence-corrected chi connectivity index (χ2v) is 5.20. The summed E-state index contributed by atoms with van der Waals surface area (Å²) in [6.07, 6.45) is 1.62. The zero-order valence-electron chi connectivity index (χ0n) is 11.5. The third-order valence-corrected chi connectivity index (χ3v) is 3.54. The topological polar surface area (TPSA) is 75.4 Å². The van der Waals surface area contributed by atoms with Crippen molar-refractivity contribution in [2.75, 3.05) is 18.0 Å². The van der Waals surface area contributed by atoms with Crippen molar-refractivity contribution in [3.63, 3.8) is 0 Å². The largest absolute Gasteiger partial charge is 0.344 e. The van der Waals surface area contributed by atoms with Crippen LogP contribution in [0.25, 0.3) is 0 Å². The molecule has 1 unspecified atom stereocenters. The highest BCUT2D eigenvalue weighted by Gasteiger charge is 2.33. The molecule has 1 saturated heterocycles. The molecule has 0 spiro atoms. The number of carbonyl (C=O) groups excluding carboxylic acids is 2. The van der Waals surface area contributed by atoms with E-state index in [0.717, 1.165) is 5.69 Å². The van der Waals surface area contributed by atoms with Gasteiger partial charge in [0.05, 0.1) is 0 Å². The number of carbonyl (C=O) groups is 2. The molecule has 5 nitrogen and oxygen atoms in total. The fourth-order valence-corrected chi connectivity index (χ4v) is 2.35. The lowest BCUT2D eigenvalue weighted by Crippen LogP contribution is -2.41. The summed E-state index contributed by atoms with van der Waals surface area (Å²) in [5, 5.41) is 3.39. The molecule has 1 heterocycles. The van der Waals surface area contributed by atoms with E-state index in [1.165, 1.54) is 0 Å². The Hall–Kier alpha value is -1.30. The van der Waals surface area contributed by atoms with Gasteiger partial charge in [-0.2, -0.15) is 0 Å². The Morgan fingerprint density at radius 3 is 2.67 bits per heavy atom. The quantitative estimate of drug-likeness (QED) is 0.862. The average Bonchev–Trinajstić information content (AvgIpc) is 2.79. The molecule has 2 rings (SSSR count). The van der Waals surface area contributed by atoms with E-state index in [1.54, 1.807) is 29.2 Å². The van der Waals surface area contributed by atoms with Gasteiger partial charge in [-0.25, -0.2) is 0 Å². The fraction of sp³-hybridized carbons (Fsp3) is 0.429. The summed E-state index contributed by atoms with van der Waals surface area (Å²) in [5.41, 5.74) is 6.16. The Kier molecular flexibility index (Phi) is 6.95. The molecule has 1 atom stereocenters. The maximum atomic E-state index is 12.3. The molecular formula is C14H19Cl2N3O2. The lowest BCUT2D eigenvalue weighted by atomic mass is 10.2. The van der Waals surface area contributed by atoms with Crippen molar-refractivity contribution in [2.24, 2.45) is 5.73 Å². The van der Waals surface area contributed by atoms with Crippen molar-refractivity contribution in [2.45, 2.75) is 25.3 Å². The molecule has 1 aromatic carbocycles. The molecule has 0 aromatic heterocycles. The van der Waals surface area contributed by atoms with Crippen LogP contribution in [0.3, 0.4) is 0 Å². The van der Waals surface area contributed by atoms with Crippen molar-refractivity contribution >= 4 is 41.5 Å². The van der Waals surface area contributed by atoms with Crippen LogP contribution in [0.4, 0.5) is 5.69 Å². The Bertz CT molecular complexity index is 493. The van der Waals surface area contributed by atoms with Crippen molar-refractivity contribution in [3.8, 4) is 0 Å². The molecule has 1 aliphatic heterocycles. The molecule has 21 heavy (non-hydrogen) atoms. The molecule has 7 heteroatoms. The first-order valence-electron chi connectivity index (χ1n) is 6.68. The molecule has 2 amide bonds. The molecule has 0 saturated carbocycles. The predicted molar refractivity (Wildman–Crippen MR) is 85.9 cm³/mol. The molecule has 0 aliphatic carbocycles. The van der Waals surface area contributed by atoms with Crippen LogP contribution in [-0.2, 0) is 9.59 Å². The van der Waals surface area contributed by atoms with Gasteiger partial charge < -0.3 is 16.0 Å². The normalized spacial score (nSPS) is 17.5. The van der Waals surface area contributed by atoms with Crippen LogP contribution in [0.15, 0.2) is 24.3 Å². The van der Waals surface area contributed by atoms with Crippen LogP contribution in [0.1, 0.15) is 19.3 Å². The van der Waals surface area contributed by atoms with E-state index in [4.69, 9.17) is 17.3 Å². The van der Waals surface area contributed by atoms with Crippen molar-refractivity contribution < 1.29 is 9.59 Å². The first-order chi connectivity index (χ1) is 9.61. The summed E-state index contributed by atoms with van der Waals surface area (Å²) in [5.74, 6) is -0.194. The highest BCUT2D eigenvalue weighted by molar-refractivity contribution is 6.30. The lowest BCUT2D eigenvalue weighted by Gasteiger charge is -2.17. The number of nitrogens with one attached hydrogen (secondary N) is 1. The number of halogens is 2. The Labute approximate surface area is 135 Å². The van der Waals surface area contributed by atoms with E-state index in [2.05, 4.69) is 5.32 Å². The summed E-state index contributed by atoms with van der Waals surface area (Å²) < 4.78 is 0. The van der Waals surface area contributed by atoms with Crippen LogP contribution in [0.2, 0.25) is 5.02 Å². The van der Waals surface area contributed by atoms with Gasteiger partial charge in [0.25, 0.3) is 0 Å². The number of hydrogen-bond acceptors (Lipinski definition) is 3. The standard InChI is InChI=1S/C14H18ClN3O2.ClH/c15-10-3-5-11(6-4-10)18-9-7-12(14(18)20)17-13(19)2-1-8-16;/h3-6,12H,1-2,7-9,16H2,(H,17,19);1H. The molecule has 0 radical (unpaired) electrons. The van der Waals surface area contributed by atoms with Gasteiger partial charge in [-0.3, -0.25) is 9.59 Å². The SMILES string of the molecule is Cl.NCCCC(=O)NC1CCN(c2ccc(Cl)cc2)C1=O. The van der Waals surface area contributed by atoms with E-state index in [1.807, 2.05) is 0 Å². The first-order valence-corrected chi connectivity index (χ1v) is 7.06. The minimum atomic E-state index is -0.434. The van der Waals surface area contributed by atoms with Gasteiger partial charge in [-0.1, -0.05) is 11.6 Å². The lowest BCUT2D eigenvalue weighted by molar-refractivity contribution is -0.126. The molecule has 0 bridgehead atoms. The number of benzene rings is 1. The van der Waals surface area contributed by atoms with Gasteiger partial charge in [0.15, 0.2) is 0 Å². The third kappa shape index (κ3) is 4.59. The number of nitrogens with two attached hydrogens (primary N) is 1. The second kappa shape index (κ2) is 8.22. The van der Waals surface area contributed by atoms with Crippen LogP contribution in [0, 0.1) is 0 Å². The molecular weight excluding hydrogens is 313 g/mol. The Balaban J connectivity index is 0.00000220. The highest BCUT2D eigenvalue weighted by Crippen LogP contribution is 2.23. The van der Waals surface area contributed by atoms with Gasteiger partial charge in [-0.15, -0.1) is 12.4 Å². The van der Waals surface area contributed by atoms with E-state index >= 15 is 0 Å². The zero-order valence-corrected chi connectivity index (χ0v) is 13.1. The molecule has 1 aliphatic rings. The van der Waals surface area contributed by atoms with Gasteiger partial charge in [0.1, 0.15) is 6.04 Å². The van der Waals surface area contributed by atoms with Crippen LogP contribution < -0.4 is 16.0 Å². The predicted octanol–water partition coefficient (Wildman–Crippen LogP) is 1.72. The summed E-state index contributed by atoms with van der Waals surface area (Å²) in [4.78, 5) is 25.6. The first kappa shape index (κ1) is 17.8. The number of anilines is 1. The van der Waals surface area contributed by atoms with Crippen molar-refractivity contribution in [1.82, 2.24) is 5.32 Å². The highest BCUT2D eigenvalue weighted by atomic mass is 35.5. The molecule has 3 N–H and O–H groups in total. The Morgan fingerprint density at radius 2 is 2.05 bits per heavy atom. The molecule has 1 fully saturated rings. The second-order valence-electron chi connectivity index (χ2n) is 4.77. The summed E-state index contributed by atoms with van der Waals surface area (Å²) in [6.45, 7) is 1.07. The summed E-state index contributed by atoms with van der Waals surface area (Å²) in [7, 11) is 0. The Morgan fingerprint density at radius 1 is 1.38 bits per heavy atom. The van der Waals surface area contributed by atoms with Crippen LogP contribution in [0.5, 0.6) is 0 Å². The fourth-order valence-electron chi connectivity index (χ4n) is 2.22. The zero-order chi connectivity index (χ0) is 14.5. The van der Waals surface area contributed by atoms with Crippen LogP contribution in [-0.4, -0.2) is 30.9 Å². The van der Waals surface area contributed by atoms with E-state index in [9.17, 15) is 9.59 Å². The summed E-state index contributed by atoms with van der Waals surface area (Å²) >= 11 is 5.83. The monoisotopic (exact) mass is 331 g/mol. The number of nitrogens with zero attached hydrogens (tertiary/aromatic N) is 1. The van der Waals surface area contributed by atoms with E-state index < -0.39 is 6.04 Å². The maximum absolute atomic E-state index is 12.3. The molecule has 1 aromatic rings. The number of rotatable bonds is 5. The summed E-state index contributed by atoms with van der Waals surface area (Å²) in [6, 6.07) is 6.67. The smallest absolute Gasteiger partial charge is 0.249 e. The number of hydrogen-bond donors (Lipinski definition) is 2. The third-order valence-electron chi connectivity index (χ3n) is 3.29. The molecule has 116 valence electrons. The van der Waals surface area contributed by atoms with E-state index in [-0.39, 0.29) is 24.2 Å². The van der Waals surface area contributed by atoms with Gasteiger partial charge >= 0.3 is 0 Å². The van der Waals surface area contributed by atoms with Crippen molar-refractivity contribution in [1.29, 1.82) is 0 Å². The minimum Gasteiger partial charge on any atom is -0.344 e.